The maximum absolute atomic E-state index is 12.9. The van der Waals surface area contributed by atoms with Crippen molar-refractivity contribution in [3.63, 3.8) is 0 Å². The number of primary amides is 1. The Hall–Kier alpha value is -2.71. The van der Waals surface area contributed by atoms with E-state index >= 15 is 0 Å². The van der Waals surface area contributed by atoms with Crippen LogP contribution in [-0.4, -0.2) is 81.6 Å². The van der Waals surface area contributed by atoms with Crippen molar-refractivity contribution < 1.29 is 9.59 Å². The molecule has 0 bridgehead atoms. The third kappa shape index (κ3) is 4.22. The number of carbonyl (C=O) groups is 2. The van der Waals surface area contributed by atoms with Crippen LogP contribution in [0.25, 0.3) is 5.69 Å². The van der Waals surface area contributed by atoms with E-state index in [1.54, 1.807) is 10.9 Å². The van der Waals surface area contributed by atoms with Crippen LogP contribution >= 0.6 is 0 Å². The molecule has 1 saturated heterocycles. The number of nitrogens with two attached hydrogens (primary N) is 1. The number of amides is 2. The largest absolute Gasteiger partial charge is 0.366 e. The maximum atomic E-state index is 12.9. The number of carbonyl (C=O) groups excluding carboxylic acids is 2. The van der Waals surface area contributed by atoms with Gasteiger partial charge in [-0.25, -0.2) is 4.68 Å². The summed E-state index contributed by atoms with van der Waals surface area (Å²) >= 11 is 0. The Morgan fingerprint density at radius 3 is 2.55 bits per heavy atom. The Labute approximate surface area is 182 Å². The predicted octanol–water partition coefficient (Wildman–Crippen LogP) is 1.03. The number of nitrogens with zero attached hydrogens (tertiary/aromatic N) is 5. The lowest BCUT2D eigenvalue weighted by atomic mass is 9.91. The molecule has 8 nitrogen and oxygen atoms in total. The molecule has 0 unspecified atom stereocenters. The normalized spacial score (nSPS) is 20.3. The van der Waals surface area contributed by atoms with Gasteiger partial charge < -0.3 is 10.6 Å². The zero-order chi connectivity index (χ0) is 21.4. The van der Waals surface area contributed by atoms with E-state index in [1.807, 2.05) is 11.0 Å². The molecule has 1 saturated carbocycles. The van der Waals surface area contributed by atoms with Crippen LogP contribution in [0.2, 0.25) is 0 Å². The Kier molecular flexibility index (Phi) is 5.50. The summed E-state index contributed by atoms with van der Waals surface area (Å²) in [6, 6.07) is 6.99. The van der Waals surface area contributed by atoms with Crippen molar-refractivity contribution in [3.05, 3.63) is 47.3 Å². The monoisotopic (exact) mass is 422 g/mol. The summed E-state index contributed by atoms with van der Waals surface area (Å²) in [5.41, 5.74) is 9.16. The first-order valence-corrected chi connectivity index (χ1v) is 11.3. The molecule has 3 heterocycles. The second kappa shape index (κ2) is 8.43. The lowest BCUT2D eigenvalue weighted by molar-refractivity contribution is -0.135. The first-order chi connectivity index (χ1) is 15.1. The standard InChI is InChI=1S/C23H30N6O2/c24-23(31)19-13-25-29(15-19)21-5-4-18-14-26(7-6-17(18)12-21)16-22(30)28-10-8-27(9-11-28)20-2-1-3-20/h4-5,12-13,15,20H,1-3,6-11,14,16H2,(H2,24,31). The average molecular weight is 423 g/mol. The lowest BCUT2D eigenvalue weighted by Gasteiger charge is -2.43. The van der Waals surface area contributed by atoms with Crippen LogP contribution in [0.4, 0.5) is 0 Å². The van der Waals surface area contributed by atoms with Gasteiger partial charge in [0.05, 0.1) is 24.0 Å². The van der Waals surface area contributed by atoms with Crippen molar-refractivity contribution >= 4 is 11.8 Å². The molecule has 0 radical (unpaired) electrons. The molecule has 1 aromatic carbocycles. The molecule has 2 N–H and O–H groups in total. The smallest absolute Gasteiger partial charge is 0.251 e. The van der Waals surface area contributed by atoms with E-state index in [0.29, 0.717) is 12.1 Å². The molecular weight excluding hydrogens is 392 g/mol. The molecular formula is C23H30N6O2. The van der Waals surface area contributed by atoms with Gasteiger partial charge in [0.2, 0.25) is 5.91 Å². The molecule has 3 aliphatic rings. The second-order valence-electron chi connectivity index (χ2n) is 8.95. The van der Waals surface area contributed by atoms with Crippen LogP contribution in [-0.2, 0) is 17.8 Å². The molecule has 1 aliphatic carbocycles. The van der Waals surface area contributed by atoms with Gasteiger partial charge in [-0.15, -0.1) is 0 Å². The van der Waals surface area contributed by atoms with Crippen LogP contribution in [0.3, 0.4) is 0 Å². The molecule has 1 aromatic heterocycles. The van der Waals surface area contributed by atoms with Crippen molar-refractivity contribution in [1.82, 2.24) is 24.5 Å². The van der Waals surface area contributed by atoms with E-state index in [2.05, 4.69) is 27.0 Å². The van der Waals surface area contributed by atoms with Gasteiger partial charge in [0, 0.05) is 51.5 Å². The molecule has 2 amide bonds. The minimum absolute atomic E-state index is 0.254. The molecule has 0 atom stereocenters. The van der Waals surface area contributed by atoms with Crippen molar-refractivity contribution in [2.45, 2.75) is 38.3 Å². The summed E-state index contributed by atoms with van der Waals surface area (Å²) in [5, 5.41) is 4.24. The highest BCUT2D eigenvalue weighted by Crippen LogP contribution is 2.26. The summed E-state index contributed by atoms with van der Waals surface area (Å²) < 4.78 is 1.68. The summed E-state index contributed by atoms with van der Waals surface area (Å²) in [6.45, 7) is 5.91. The number of hydrogen-bond acceptors (Lipinski definition) is 5. The number of fused-ring (bicyclic) bond motifs is 1. The molecule has 5 rings (SSSR count). The molecule has 164 valence electrons. The lowest BCUT2D eigenvalue weighted by Crippen LogP contribution is -2.55. The highest BCUT2D eigenvalue weighted by Gasteiger charge is 2.30. The van der Waals surface area contributed by atoms with Crippen LogP contribution in [0.15, 0.2) is 30.6 Å². The van der Waals surface area contributed by atoms with Crippen LogP contribution < -0.4 is 5.73 Å². The summed E-state index contributed by atoms with van der Waals surface area (Å²) in [4.78, 5) is 31.0. The van der Waals surface area contributed by atoms with E-state index in [0.717, 1.165) is 57.4 Å². The van der Waals surface area contributed by atoms with E-state index in [1.165, 1.54) is 36.6 Å². The highest BCUT2D eigenvalue weighted by molar-refractivity contribution is 5.92. The van der Waals surface area contributed by atoms with Crippen molar-refractivity contribution in [2.75, 3.05) is 39.3 Å². The number of piperazine rings is 1. The quantitative estimate of drug-likeness (QED) is 0.778. The number of benzene rings is 1. The fourth-order valence-corrected chi connectivity index (χ4v) is 4.85. The number of hydrogen-bond donors (Lipinski definition) is 1. The Balaban J connectivity index is 1.17. The van der Waals surface area contributed by atoms with Gasteiger partial charge in [-0.3, -0.25) is 19.4 Å². The van der Waals surface area contributed by atoms with Crippen molar-refractivity contribution in [1.29, 1.82) is 0 Å². The Morgan fingerprint density at radius 1 is 1.06 bits per heavy atom. The van der Waals surface area contributed by atoms with Crippen LogP contribution in [0, 0.1) is 0 Å². The first-order valence-electron chi connectivity index (χ1n) is 11.3. The summed E-state index contributed by atoms with van der Waals surface area (Å²) in [5.74, 6) is -0.224. The van der Waals surface area contributed by atoms with Gasteiger partial charge >= 0.3 is 0 Å². The number of rotatable bonds is 5. The molecule has 8 heteroatoms. The zero-order valence-electron chi connectivity index (χ0n) is 17.9. The molecule has 2 aliphatic heterocycles. The predicted molar refractivity (Wildman–Crippen MR) is 117 cm³/mol. The van der Waals surface area contributed by atoms with Crippen molar-refractivity contribution in [3.8, 4) is 5.69 Å². The molecule has 0 spiro atoms. The maximum Gasteiger partial charge on any atom is 0.251 e. The van der Waals surface area contributed by atoms with Gasteiger partial charge in [0.15, 0.2) is 0 Å². The second-order valence-corrected chi connectivity index (χ2v) is 8.95. The number of aromatic nitrogens is 2. The summed E-state index contributed by atoms with van der Waals surface area (Å²) in [6.07, 6.45) is 8.06. The van der Waals surface area contributed by atoms with Gasteiger partial charge in [-0.05, 0) is 42.5 Å². The van der Waals surface area contributed by atoms with E-state index < -0.39 is 5.91 Å². The van der Waals surface area contributed by atoms with Crippen LogP contribution in [0.1, 0.15) is 40.7 Å². The fourth-order valence-electron chi connectivity index (χ4n) is 4.85. The Morgan fingerprint density at radius 2 is 1.87 bits per heavy atom. The third-order valence-corrected chi connectivity index (χ3v) is 7.03. The minimum atomic E-state index is -0.478. The van der Waals surface area contributed by atoms with Crippen LogP contribution in [0.5, 0.6) is 0 Å². The molecule has 31 heavy (non-hydrogen) atoms. The Bertz CT molecular complexity index is 974. The van der Waals surface area contributed by atoms with E-state index in [-0.39, 0.29) is 5.91 Å². The van der Waals surface area contributed by atoms with Crippen molar-refractivity contribution in [2.24, 2.45) is 5.73 Å². The zero-order valence-corrected chi connectivity index (χ0v) is 17.9. The minimum Gasteiger partial charge on any atom is -0.366 e. The third-order valence-electron chi connectivity index (χ3n) is 7.03. The SMILES string of the molecule is NC(=O)c1cnn(-c2ccc3c(c2)CCN(CC(=O)N2CCN(C4CCC4)CC2)C3)c1. The van der Waals surface area contributed by atoms with Gasteiger partial charge in [-0.1, -0.05) is 12.5 Å². The van der Waals surface area contributed by atoms with E-state index in [9.17, 15) is 9.59 Å². The summed E-state index contributed by atoms with van der Waals surface area (Å²) in [7, 11) is 0. The van der Waals surface area contributed by atoms with Gasteiger partial charge in [0.25, 0.3) is 5.91 Å². The topological polar surface area (TPSA) is 87.7 Å². The molecule has 2 aromatic rings. The first kappa shape index (κ1) is 20.2. The average Bonchev–Trinajstić information content (AvgIpc) is 3.23. The van der Waals surface area contributed by atoms with E-state index in [4.69, 9.17) is 5.73 Å². The highest BCUT2D eigenvalue weighted by atomic mass is 16.2. The van der Waals surface area contributed by atoms with Gasteiger partial charge in [-0.2, -0.15) is 5.10 Å². The van der Waals surface area contributed by atoms with Gasteiger partial charge in [0.1, 0.15) is 0 Å². The fraction of sp³-hybridized carbons (Fsp3) is 0.522. The molecule has 2 fully saturated rings.